The molecule has 0 heterocycles. The Kier molecular flexibility index (Phi) is 8.60. The lowest BCUT2D eigenvalue weighted by Crippen LogP contribution is -2.41. The Balaban J connectivity index is 3.20. The van der Waals surface area contributed by atoms with E-state index in [1.54, 1.807) is 19.1 Å². The maximum absolute atomic E-state index is 12.5. The smallest absolute Gasteiger partial charge is 0.328 e. The lowest BCUT2D eigenvalue weighted by Gasteiger charge is -2.18. The van der Waals surface area contributed by atoms with Crippen molar-refractivity contribution in [2.45, 2.75) is 40.2 Å². The van der Waals surface area contributed by atoms with Crippen molar-refractivity contribution in [3.8, 4) is 17.2 Å². The molecule has 1 amide bonds. The number of carbonyl (C=O) groups is 2. The topological polar surface area (TPSA) is 83.1 Å². The van der Waals surface area contributed by atoms with Gasteiger partial charge in [0.25, 0.3) is 5.91 Å². The van der Waals surface area contributed by atoms with Crippen molar-refractivity contribution in [2.75, 3.05) is 26.9 Å². The summed E-state index contributed by atoms with van der Waals surface area (Å²) < 4.78 is 21.5. The van der Waals surface area contributed by atoms with E-state index in [1.807, 2.05) is 20.8 Å². The van der Waals surface area contributed by atoms with Gasteiger partial charge in [0, 0.05) is 5.56 Å². The zero-order chi connectivity index (χ0) is 18.8. The van der Waals surface area contributed by atoms with Crippen LogP contribution in [0.15, 0.2) is 12.1 Å². The number of benzene rings is 1. The van der Waals surface area contributed by atoms with Gasteiger partial charge in [0.15, 0.2) is 11.5 Å². The zero-order valence-electron chi connectivity index (χ0n) is 15.5. The van der Waals surface area contributed by atoms with Crippen molar-refractivity contribution in [1.82, 2.24) is 5.32 Å². The molecule has 140 valence electrons. The third-order valence-corrected chi connectivity index (χ3v) is 3.37. The summed E-state index contributed by atoms with van der Waals surface area (Å²) in [5, 5.41) is 2.66. The molecule has 0 spiro atoms. The van der Waals surface area contributed by atoms with Gasteiger partial charge in [-0.1, -0.05) is 6.92 Å². The molecule has 1 aromatic carbocycles. The van der Waals surface area contributed by atoms with E-state index in [4.69, 9.17) is 18.9 Å². The van der Waals surface area contributed by atoms with Crippen LogP contribution in [0.25, 0.3) is 0 Å². The SMILES string of the molecule is CCOc1cc(C(=O)NC(CC)C(=O)OC)cc(OCC)c1OCC. The van der Waals surface area contributed by atoms with Gasteiger partial charge in [0.2, 0.25) is 5.75 Å². The average molecular weight is 353 g/mol. The van der Waals surface area contributed by atoms with E-state index < -0.39 is 17.9 Å². The lowest BCUT2D eigenvalue weighted by molar-refractivity contribution is -0.142. The molecule has 1 atom stereocenters. The molecular formula is C18H27NO6. The van der Waals surface area contributed by atoms with Crippen molar-refractivity contribution in [3.63, 3.8) is 0 Å². The van der Waals surface area contributed by atoms with Crippen LogP contribution in [0, 0.1) is 0 Å². The fourth-order valence-electron chi connectivity index (χ4n) is 2.23. The van der Waals surface area contributed by atoms with Crippen LogP contribution in [-0.4, -0.2) is 44.8 Å². The number of methoxy groups -OCH3 is 1. The highest BCUT2D eigenvalue weighted by molar-refractivity contribution is 5.98. The molecular weight excluding hydrogens is 326 g/mol. The highest BCUT2D eigenvalue weighted by atomic mass is 16.5. The predicted molar refractivity (Wildman–Crippen MR) is 93.5 cm³/mol. The third kappa shape index (κ3) is 5.55. The summed E-state index contributed by atoms with van der Waals surface area (Å²) in [4.78, 5) is 24.2. The number of carbonyl (C=O) groups excluding carboxylic acids is 2. The van der Waals surface area contributed by atoms with Crippen LogP contribution in [0.5, 0.6) is 17.2 Å². The van der Waals surface area contributed by atoms with E-state index >= 15 is 0 Å². The zero-order valence-corrected chi connectivity index (χ0v) is 15.5. The largest absolute Gasteiger partial charge is 0.490 e. The molecule has 0 aliphatic carbocycles. The van der Waals surface area contributed by atoms with Crippen molar-refractivity contribution in [1.29, 1.82) is 0 Å². The fraction of sp³-hybridized carbons (Fsp3) is 0.556. The normalized spacial score (nSPS) is 11.4. The Hall–Kier alpha value is -2.44. The van der Waals surface area contributed by atoms with Gasteiger partial charge in [0.1, 0.15) is 6.04 Å². The van der Waals surface area contributed by atoms with Crippen molar-refractivity contribution in [2.24, 2.45) is 0 Å². The molecule has 1 aromatic rings. The van der Waals surface area contributed by atoms with Gasteiger partial charge in [-0.3, -0.25) is 4.79 Å². The van der Waals surface area contributed by atoms with E-state index in [-0.39, 0.29) is 0 Å². The minimum atomic E-state index is -0.713. The maximum Gasteiger partial charge on any atom is 0.328 e. The summed E-state index contributed by atoms with van der Waals surface area (Å²) in [6.07, 6.45) is 0.423. The first-order valence-electron chi connectivity index (χ1n) is 8.47. The van der Waals surface area contributed by atoms with Gasteiger partial charge in [-0.05, 0) is 39.3 Å². The fourth-order valence-corrected chi connectivity index (χ4v) is 2.23. The molecule has 0 saturated carbocycles. The quantitative estimate of drug-likeness (QED) is 0.651. The van der Waals surface area contributed by atoms with Gasteiger partial charge in [-0.15, -0.1) is 0 Å². The predicted octanol–water partition coefficient (Wildman–Crippen LogP) is 2.56. The van der Waals surface area contributed by atoms with Crippen molar-refractivity contribution < 1.29 is 28.5 Å². The van der Waals surface area contributed by atoms with Crippen molar-refractivity contribution in [3.05, 3.63) is 17.7 Å². The molecule has 0 fully saturated rings. The number of hydrogen-bond acceptors (Lipinski definition) is 6. The molecule has 0 aliphatic rings. The van der Waals surface area contributed by atoms with Gasteiger partial charge in [-0.25, -0.2) is 4.79 Å². The molecule has 1 N–H and O–H groups in total. The Morgan fingerprint density at radius 2 is 1.48 bits per heavy atom. The van der Waals surface area contributed by atoms with E-state index in [0.29, 0.717) is 49.1 Å². The van der Waals surface area contributed by atoms with Crippen LogP contribution in [0.4, 0.5) is 0 Å². The van der Waals surface area contributed by atoms with Gasteiger partial charge < -0.3 is 24.3 Å². The molecule has 0 aliphatic heterocycles. The molecule has 1 unspecified atom stereocenters. The van der Waals surface area contributed by atoms with Crippen molar-refractivity contribution >= 4 is 11.9 Å². The summed E-state index contributed by atoms with van der Waals surface area (Å²) in [7, 11) is 1.29. The number of ether oxygens (including phenoxy) is 4. The standard InChI is InChI=1S/C18H27NO6/c1-6-13(18(21)22-5)19-17(20)12-10-14(23-7-2)16(25-9-4)15(11-12)24-8-3/h10-11,13H,6-9H2,1-5H3,(H,19,20). The Bertz CT molecular complexity index is 560. The number of rotatable bonds is 10. The van der Waals surface area contributed by atoms with Crippen LogP contribution < -0.4 is 19.5 Å². The van der Waals surface area contributed by atoms with Gasteiger partial charge in [0.05, 0.1) is 26.9 Å². The first kappa shape index (κ1) is 20.6. The van der Waals surface area contributed by atoms with E-state index in [1.165, 1.54) is 7.11 Å². The van der Waals surface area contributed by atoms with Crippen LogP contribution in [0.3, 0.4) is 0 Å². The summed E-state index contributed by atoms with van der Waals surface area (Å²) in [5.41, 5.74) is 0.317. The van der Waals surface area contributed by atoms with Gasteiger partial charge >= 0.3 is 5.97 Å². The summed E-state index contributed by atoms with van der Waals surface area (Å²) in [6, 6.07) is 2.45. The Morgan fingerprint density at radius 1 is 0.960 bits per heavy atom. The minimum Gasteiger partial charge on any atom is -0.490 e. The number of esters is 1. The van der Waals surface area contributed by atoms with Crippen LogP contribution in [-0.2, 0) is 9.53 Å². The molecule has 0 bridgehead atoms. The molecule has 7 nitrogen and oxygen atoms in total. The second kappa shape index (κ2) is 10.4. The minimum absolute atomic E-state index is 0.317. The molecule has 25 heavy (non-hydrogen) atoms. The van der Waals surface area contributed by atoms with Crippen LogP contribution in [0.1, 0.15) is 44.5 Å². The number of nitrogens with one attached hydrogen (secondary N) is 1. The van der Waals surface area contributed by atoms with E-state index in [9.17, 15) is 9.59 Å². The van der Waals surface area contributed by atoms with Gasteiger partial charge in [-0.2, -0.15) is 0 Å². The summed E-state index contributed by atoms with van der Waals surface area (Å²) in [6.45, 7) is 8.59. The first-order chi connectivity index (χ1) is 12.0. The highest BCUT2D eigenvalue weighted by Gasteiger charge is 2.23. The number of amides is 1. The number of hydrogen-bond donors (Lipinski definition) is 1. The summed E-state index contributed by atoms with van der Waals surface area (Å²) in [5.74, 6) is 0.403. The Labute approximate surface area is 148 Å². The molecule has 0 saturated heterocycles. The monoisotopic (exact) mass is 353 g/mol. The highest BCUT2D eigenvalue weighted by Crippen LogP contribution is 2.39. The molecule has 1 rings (SSSR count). The first-order valence-corrected chi connectivity index (χ1v) is 8.47. The lowest BCUT2D eigenvalue weighted by atomic mass is 10.1. The van der Waals surface area contributed by atoms with E-state index in [0.717, 1.165) is 0 Å². The summed E-state index contributed by atoms with van der Waals surface area (Å²) >= 11 is 0. The second-order valence-electron chi connectivity index (χ2n) is 5.06. The third-order valence-electron chi connectivity index (χ3n) is 3.37. The molecule has 0 aromatic heterocycles. The molecule has 0 radical (unpaired) electrons. The van der Waals surface area contributed by atoms with E-state index in [2.05, 4.69) is 5.32 Å². The van der Waals surface area contributed by atoms with Crippen LogP contribution in [0.2, 0.25) is 0 Å². The average Bonchev–Trinajstić information content (AvgIpc) is 2.61. The Morgan fingerprint density at radius 3 is 1.88 bits per heavy atom. The molecule has 7 heteroatoms. The maximum atomic E-state index is 12.5. The second-order valence-corrected chi connectivity index (χ2v) is 5.06. The van der Waals surface area contributed by atoms with Crippen LogP contribution >= 0.6 is 0 Å².